The van der Waals surface area contributed by atoms with Crippen LogP contribution in [0, 0.1) is 17.8 Å². The molecule has 2 aliphatic carbocycles. The average Bonchev–Trinajstić information content (AvgIpc) is 3.19. The topological polar surface area (TPSA) is 35.2 Å². The van der Waals surface area contributed by atoms with Crippen molar-refractivity contribution in [3.63, 3.8) is 0 Å². The van der Waals surface area contributed by atoms with E-state index in [9.17, 15) is 0 Å². The van der Waals surface area contributed by atoms with Gasteiger partial charge in [0.2, 0.25) is 0 Å². The quantitative estimate of drug-likeness (QED) is 0.870. The summed E-state index contributed by atoms with van der Waals surface area (Å²) < 4.78 is 5.86. The summed E-state index contributed by atoms with van der Waals surface area (Å²) in [7, 11) is 0. The van der Waals surface area contributed by atoms with Gasteiger partial charge in [-0.15, -0.1) is 0 Å². The zero-order valence-corrected chi connectivity index (χ0v) is 11.8. The third kappa shape index (κ3) is 2.51. The van der Waals surface area contributed by atoms with Crippen LogP contribution in [0.15, 0.2) is 24.3 Å². The van der Waals surface area contributed by atoms with Crippen LogP contribution in [-0.2, 0) is 0 Å². The van der Waals surface area contributed by atoms with Crippen molar-refractivity contribution >= 4 is 0 Å². The maximum atomic E-state index is 6.55. The van der Waals surface area contributed by atoms with Crippen LogP contribution >= 0.6 is 0 Å². The molecular formula is C17H25NO. The van der Waals surface area contributed by atoms with E-state index < -0.39 is 0 Å². The molecule has 0 radical (unpaired) electrons. The summed E-state index contributed by atoms with van der Waals surface area (Å²) in [5.41, 5.74) is 7.77. The van der Waals surface area contributed by atoms with E-state index in [2.05, 4.69) is 25.1 Å². The largest absolute Gasteiger partial charge is 0.493 e. The Labute approximate surface area is 116 Å². The molecule has 1 aromatic carbocycles. The minimum atomic E-state index is 0.168. The summed E-state index contributed by atoms with van der Waals surface area (Å²) in [6.45, 7) is 2.92. The lowest BCUT2D eigenvalue weighted by Gasteiger charge is -2.17. The molecule has 3 atom stereocenters. The van der Waals surface area contributed by atoms with Gasteiger partial charge in [0.15, 0.2) is 0 Å². The standard InChI is InChI=1S/C17H25NO/c1-2-11-19-15-10-6-5-9-14(15)17(18)16-12-7-3-4-8-13(12)16/h5-6,9-10,12-13,16-17H,2-4,7-8,11,18H2,1H3. The Kier molecular flexibility index (Phi) is 3.79. The van der Waals surface area contributed by atoms with Gasteiger partial charge < -0.3 is 10.5 Å². The van der Waals surface area contributed by atoms with Crippen molar-refractivity contribution in [3.05, 3.63) is 29.8 Å². The van der Waals surface area contributed by atoms with E-state index in [1.807, 2.05) is 6.07 Å². The number of ether oxygens (including phenoxy) is 1. The SMILES string of the molecule is CCCOc1ccccc1C(N)C1C2CCCCC21. The second-order valence-electron chi connectivity index (χ2n) is 6.10. The fourth-order valence-electron chi connectivity index (χ4n) is 3.89. The third-order valence-corrected chi connectivity index (χ3v) is 4.88. The molecule has 0 bridgehead atoms. The van der Waals surface area contributed by atoms with Crippen LogP contribution in [0.25, 0.3) is 0 Å². The van der Waals surface area contributed by atoms with Gasteiger partial charge in [-0.2, -0.15) is 0 Å². The molecule has 2 aliphatic rings. The molecule has 0 saturated heterocycles. The Morgan fingerprint density at radius 3 is 2.58 bits per heavy atom. The summed E-state index contributed by atoms with van der Waals surface area (Å²) in [5.74, 6) is 3.49. The normalized spacial score (nSPS) is 30.5. The first-order chi connectivity index (χ1) is 9.33. The van der Waals surface area contributed by atoms with Gasteiger partial charge in [-0.3, -0.25) is 0 Å². The van der Waals surface area contributed by atoms with Crippen molar-refractivity contribution in [2.75, 3.05) is 6.61 Å². The fraction of sp³-hybridized carbons (Fsp3) is 0.647. The molecule has 3 rings (SSSR count). The predicted octanol–water partition coefficient (Wildman–Crippen LogP) is 3.91. The Morgan fingerprint density at radius 1 is 1.21 bits per heavy atom. The van der Waals surface area contributed by atoms with Crippen LogP contribution in [0.2, 0.25) is 0 Å². The van der Waals surface area contributed by atoms with Gasteiger partial charge in [0, 0.05) is 11.6 Å². The van der Waals surface area contributed by atoms with Crippen LogP contribution in [0.5, 0.6) is 5.75 Å². The molecule has 2 nitrogen and oxygen atoms in total. The first-order valence-corrected chi connectivity index (χ1v) is 7.80. The highest BCUT2D eigenvalue weighted by atomic mass is 16.5. The Bertz CT molecular complexity index is 419. The van der Waals surface area contributed by atoms with Crippen LogP contribution in [-0.4, -0.2) is 6.61 Å². The minimum Gasteiger partial charge on any atom is -0.493 e. The molecule has 0 spiro atoms. The summed E-state index contributed by atoms with van der Waals surface area (Å²) in [4.78, 5) is 0. The van der Waals surface area contributed by atoms with Gasteiger partial charge in [0.05, 0.1) is 6.61 Å². The molecule has 2 fully saturated rings. The second-order valence-corrected chi connectivity index (χ2v) is 6.10. The monoisotopic (exact) mass is 259 g/mol. The van der Waals surface area contributed by atoms with Crippen LogP contribution in [0.3, 0.4) is 0 Å². The van der Waals surface area contributed by atoms with Crippen LogP contribution in [0.4, 0.5) is 0 Å². The zero-order valence-electron chi connectivity index (χ0n) is 11.8. The Hall–Kier alpha value is -1.02. The van der Waals surface area contributed by atoms with Crippen molar-refractivity contribution in [1.29, 1.82) is 0 Å². The highest BCUT2D eigenvalue weighted by Crippen LogP contribution is 2.60. The van der Waals surface area contributed by atoms with Gasteiger partial charge >= 0.3 is 0 Å². The van der Waals surface area contributed by atoms with Gasteiger partial charge in [-0.05, 0) is 43.1 Å². The van der Waals surface area contributed by atoms with Crippen LogP contribution < -0.4 is 10.5 Å². The zero-order chi connectivity index (χ0) is 13.2. The molecule has 2 N–H and O–H groups in total. The lowest BCUT2D eigenvalue weighted by molar-refractivity contribution is 0.310. The summed E-state index contributed by atoms with van der Waals surface area (Å²) in [6, 6.07) is 8.51. The van der Waals surface area contributed by atoms with Gasteiger partial charge in [-0.25, -0.2) is 0 Å². The van der Waals surface area contributed by atoms with E-state index in [0.717, 1.165) is 30.6 Å². The van der Waals surface area contributed by atoms with E-state index >= 15 is 0 Å². The number of fused-ring (bicyclic) bond motifs is 1. The lowest BCUT2D eigenvalue weighted by Crippen LogP contribution is -2.16. The third-order valence-electron chi connectivity index (χ3n) is 4.88. The molecule has 0 amide bonds. The van der Waals surface area contributed by atoms with Crippen molar-refractivity contribution in [2.45, 2.75) is 45.1 Å². The second kappa shape index (κ2) is 5.54. The molecule has 19 heavy (non-hydrogen) atoms. The van der Waals surface area contributed by atoms with E-state index in [4.69, 9.17) is 10.5 Å². The predicted molar refractivity (Wildman–Crippen MR) is 78.1 cm³/mol. The molecule has 2 saturated carbocycles. The first kappa shape index (κ1) is 13.0. The number of nitrogens with two attached hydrogens (primary N) is 1. The molecule has 0 aliphatic heterocycles. The lowest BCUT2D eigenvalue weighted by atomic mass is 10.00. The van der Waals surface area contributed by atoms with Crippen molar-refractivity contribution < 1.29 is 4.74 Å². The number of para-hydroxylation sites is 1. The maximum Gasteiger partial charge on any atom is 0.124 e. The van der Waals surface area contributed by atoms with Gasteiger partial charge in [0.25, 0.3) is 0 Å². The van der Waals surface area contributed by atoms with E-state index in [-0.39, 0.29) is 6.04 Å². The number of hydrogen-bond acceptors (Lipinski definition) is 2. The molecule has 2 heteroatoms. The minimum absolute atomic E-state index is 0.168. The number of hydrogen-bond donors (Lipinski definition) is 1. The van der Waals surface area contributed by atoms with Crippen LogP contribution in [0.1, 0.15) is 50.6 Å². The van der Waals surface area contributed by atoms with Crippen molar-refractivity contribution in [1.82, 2.24) is 0 Å². The summed E-state index contributed by atoms with van der Waals surface area (Å²) in [6.07, 6.45) is 6.62. The van der Waals surface area contributed by atoms with Gasteiger partial charge in [-0.1, -0.05) is 38.0 Å². The average molecular weight is 259 g/mol. The fourth-order valence-corrected chi connectivity index (χ4v) is 3.89. The first-order valence-electron chi connectivity index (χ1n) is 7.80. The Balaban J connectivity index is 1.74. The summed E-state index contributed by atoms with van der Waals surface area (Å²) >= 11 is 0. The number of benzene rings is 1. The molecule has 0 heterocycles. The van der Waals surface area contributed by atoms with Crippen molar-refractivity contribution in [3.8, 4) is 5.75 Å². The number of rotatable bonds is 5. The molecule has 1 aromatic rings. The molecule has 104 valence electrons. The maximum absolute atomic E-state index is 6.55. The smallest absolute Gasteiger partial charge is 0.124 e. The highest BCUT2D eigenvalue weighted by Gasteiger charge is 2.53. The molecule has 3 unspecified atom stereocenters. The van der Waals surface area contributed by atoms with E-state index in [1.54, 1.807) is 0 Å². The van der Waals surface area contributed by atoms with Crippen molar-refractivity contribution in [2.24, 2.45) is 23.5 Å². The summed E-state index contributed by atoms with van der Waals surface area (Å²) in [5, 5.41) is 0. The molecular weight excluding hydrogens is 234 g/mol. The molecule has 0 aromatic heterocycles. The van der Waals surface area contributed by atoms with Gasteiger partial charge in [0.1, 0.15) is 5.75 Å². The highest BCUT2D eigenvalue weighted by molar-refractivity contribution is 5.37. The van der Waals surface area contributed by atoms with E-state index in [0.29, 0.717) is 5.92 Å². The Morgan fingerprint density at radius 2 is 1.89 bits per heavy atom. The van der Waals surface area contributed by atoms with E-state index in [1.165, 1.54) is 31.2 Å².